The normalized spacial score (nSPS) is 35.5. The number of aliphatic hydroxyl groups excluding tert-OH is 1. The van der Waals surface area contributed by atoms with Crippen LogP contribution >= 0.6 is 0 Å². The second kappa shape index (κ2) is 7.05. The fraction of sp³-hybridized carbons (Fsp3) is 0.538. The van der Waals surface area contributed by atoms with Crippen LogP contribution < -0.4 is 4.74 Å². The van der Waals surface area contributed by atoms with Crippen molar-refractivity contribution in [3.63, 3.8) is 0 Å². The molecule has 0 aliphatic heterocycles. The first-order chi connectivity index (χ1) is 14.0. The van der Waals surface area contributed by atoms with Gasteiger partial charge in [0.2, 0.25) is 0 Å². The number of phenolic OH excluding ortho intramolecular Hbond substituents is 1. The van der Waals surface area contributed by atoms with Gasteiger partial charge in [-0.1, -0.05) is 25.1 Å². The molecule has 0 unspecified atom stereocenters. The summed E-state index contributed by atoms with van der Waals surface area (Å²) >= 11 is 0. The molecule has 0 spiro atoms. The van der Waals surface area contributed by atoms with E-state index in [0.29, 0.717) is 29.4 Å². The van der Waals surface area contributed by atoms with Gasteiger partial charge >= 0.3 is 0 Å². The summed E-state index contributed by atoms with van der Waals surface area (Å²) in [6.45, 7) is 2.35. The molecule has 2 aromatic carbocycles. The first-order valence-electron chi connectivity index (χ1n) is 11.1. The number of rotatable bonds is 3. The zero-order valence-corrected chi connectivity index (χ0v) is 17.5. The lowest BCUT2D eigenvalue weighted by molar-refractivity contribution is -0.0325. The predicted octanol–water partition coefficient (Wildman–Crippen LogP) is 5.09. The van der Waals surface area contributed by atoms with Crippen molar-refractivity contribution in [1.29, 1.82) is 0 Å². The summed E-state index contributed by atoms with van der Waals surface area (Å²) in [6.07, 6.45) is 6.33. The fourth-order valence-corrected chi connectivity index (χ4v) is 6.98. The van der Waals surface area contributed by atoms with Crippen molar-refractivity contribution in [2.24, 2.45) is 23.2 Å². The van der Waals surface area contributed by atoms with Gasteiger partial charge in [0.25, 0.3) is 0 Å². The molecule has 0 aromatic heterocycles. The molecule has 2 saturated carbocycles. The minimum atomic E-state index is -0.225. The van der Waals surface area contributed by atoms with Crippen molar-refractivity contribution in [3.05, 3.63) is 59.2 Å². The van der Waals surface area contributed by atoms with E-state index < -0.39 is 0 Å². The van der Waals surface area contributed by atoms with Crippen LogP contribution in [0.3, 0.4) is 0 Å². The van der Waals surface area contributed by atoms with Crippen molar-refractivity contribution >= 4 is 0 Å². The van der Waals surface area contributed by atoms with Crippen molar-refractivity contribution in [2.45, 2.75) is 57.5 Å². The molecule has 6 atom stereocenters. The number of hydrogen-bond donors (Lipinski definition) is 2. The molecule has 0 bridgehead atoms. The second-order valence-corrected chi connectivity index (χ2v) is 9.84. The lowest BCUT2D eigenvalue weighted by Crippen LogP contribution is -2.44. The summed E-state index contributed by atoms with van der Waals surface area (Å²) in [7, 11) is 1.70. The number of aromatic hydroxyl groups is 1. The molecule has 0 radical (unpaired) electrons. The molecule has 2 N–H and O–H groups in total. The Balaban J connectivity index is 1.39. The maximum absolute atomic E-state index is 11.4. The average Bonchev–Trinajstić information content (AvgIpc) is 2.99. The third-order valence-corrected chi connectivity index (χ3v) is 8.48. The van der Waals surface area contributed by atoms with Crippen LogP contribution in [0.2, 0.25) is 0 Å². The third-order valence-electron chi connectivity index (χ3n) is 8.48. The highest BCUT2D eigenvalue weighted by Crippen LogP contribution is 2.62. The van der Waals surface area contributed by atoms with Crippen LogP contribution in [-0.4, -0.2) is 23.4 Å². The number of benzene rings is 2. The van der Waals surface area contributed by atoms with E-state index in [1.54, 1.807) is 7.11 Å². The second-order valence-electron chi connectivity index (χ2n) is 9.84. The van der Waals surface area contributed by atoms with Gasteiger partial charge in [0.05, 0.1) is 13.2 Å². The Kier molecular flexibility index (Phi) is 4.62. The molecule has 2 fully saturated rings. The zero-order valence-electron chi connectivity index (χ0n) is 17.5. The summed E-state index contributed by atoms with van der Waals surface area (Å²) in [5, 5.41) is 21.2. The van der Waals surface area contributed by atoms with Gasteiger partial charge in [0.15, 0.2) is 0 Å². The molecule has 2 aromatic rings. The van der Waals surface area contributed by atoms with Crippen molar-refractivity contribution < 1.29 is 14.9 Å². The quantitative estimate of drug-likeness (QED) is 0.765. The Hall–Kier alpha value is -2.00. The standard InChI is InChI=1S/C26H32O3/c1-26-12-11-22-21-10-6-19(27)14-17(21)5-9-23(22)24(26)15-18(25(26)28)13-16-3-7-20(29-2)8-4-16/h3-4,6-8,10,14,18,22-25,27-28H,5,9,11-13,15H2,1-2H3/t18-,22+,23+,24-,25-,26-/m0/s1. The van der Waals surface area contributed by atoms with Crippen LogP contribution in [0.5, 0.6) is 11.5 Å². The van der Waals surface area contributed by atoms with E-state index >= 15 is 0 Å². The average molecular weight is 393 g/mol. The highest BCUT2D eigenvalue weighted by molar-refractivity contribution is 5.40. The van der Waals surface area contributed by atoms with Crippen LogP contribution in [0.1, 0.15) is 55.2 Å². The topological polar surface area (TPSA) is 49.7 Å². The number of hydrogen-bond acceptors (Lipinski definition) is 3. The van der Waals surface area contributed by atoms with Crippen LogP contribution in [0, 0.1) is 23.2 Å². The van der Waals surface area contributed by atoms with Crippen molar-refractivity contribution in [2.75, 3.05) is 7.11 Å². The van der Waals surface area contributed by atoms with E-state index in [2.05, 4.69) is 25.1 Å². The molecule has 29 heavy (non-hydrogen) atoms. The minimum Gasteiger partial charge on any atom is -0.508 e. The van der Waals surface area contributed by atoms with E-state index in [1.807, 2.05) is 24.3 Å². The van der Waals surface area contributed by atoms with Crippen LogP contribution in [0.15, 0.2) is 42.5 Å². The maximum atomic E-state index is 11.4. The van der Waals surface area contributed by atoms with Gasteiger partial charge in [-0.05, 0) is 109 Å². The van der Waals surface area contributed by atoms with Gasteiger partial charge in [-0.3, -0.25) is 0 Å². The first-order valence-corrected chi connectivity index (χ1v) is 11.1. The Morgan fingerprint density at radius 1 is 1.10 bits per heavy atom. The summed E-state index contributed by atoms with van der Waals surface area (Å²) in [6, 6.07) is 14.3. The zero-order chi connectivity index (χ0) is 20.2. The fourth-order valence-electron chi connectivity index (χ4n) is 6.98. The predicted molar refractivity (Wildman–Crippen MR) is 114 cm³/mol. The molecular formula is C26H32O3. The van der Waals surface area contributed by atoms with E-state index in [-0.39, 0.29) is 11.5 Å². The molecule has 3 heteroatoms. The smallest absolute Gasteiger partial charge is 0.118 e. The van der Waals surface area contributed by atoms with Gasteiger partial charge in [0, 0.05) is 0 Å². The van der Waals surface area contributed by atoms with Gasteiger partial charge in [-0.25, -0.2) is 0 Å². The van der Waals surface area contributed by atoms with E-state index in [0.717, 1.165) is 37.9 Å². The number of phenols is 1. The van der Waals surface area contributed by atoms with Crippen LogP contribution in [-0.2, 0) is 12.8 Å². The molecule has 3 aliphatic rings. The summed E-state index contributed by atoms with van der Waals surface area (Å²) in [4.78, 5) is 0. The van der Waals surface area contributed by atoms with E-state index in [9.17, 15) is 10.2 Å². The number of methoxy groups -OCH3 is 1. The molecular weight excluding hydrogens is 360 g/mol. The Morgan fingerprint density at radius 2 is 1.90 bits per heavy atom. The van der Waals surface area contributed by atoms with Crippen LogP contribution in [0.25, 0.3) is 0 Å². The molecule has 0 amide bonds. The SMILES string of the molecule is COc1ccc(C[C@H]2C[C@H]3[C@@H]4CCc5cc(O)ccc5[C@H]4CC[C@]3(C)[C@H]2O)cc1. The molecule has 3 aliphatic carbocycles. The van der Waals surface area contributed by atoms with Crippen molar-refractivity contribution in [3.8, 4) is 11.5 Å². The van der Waals surface area contributed by atoms with E-state index in [1.165, 1.54) is 23.1 Å². The number of aryl methyl sites for hydroxylation is 1. The molecule has 154 valence electrons. The summed E-state index contributed by atoms with van der Waals surface area (Å²) < 4.78 is 5.28. The third kappa shape index (κ3) is 3.06. The van der Waals surface area contributed by atoms with Gasteiger partial charge < -0.3 is 14.9 Å². The number of fused-ring (bicyclic) bond motifs is 5. The largest absolute Gasteiger partial charge is 0.508 e. The van der Waals surface area contributed by atoms with Gasteiger partial charge in [0.1, 0.15) is 11.5 Å². The monoisotopic (exact) mass is 392 g/mol. The number of aliphatic hydroxyl groups is 1. The molecule has 3 nitrogen and oxygen atoms in total. The molecule has 0 saturated heterocycles. The number of ether oxygens (including phenoxy) is 1. The minimum absolute atomic E-state index is 0.0345. The lowest BCUT2D eigenvalue weighted by Gasteiger charge is -2.50. The Bertz CT molecular complexity index is 889. The Labute approximate surface area is 173 Å². The molecule has 0 heterocycles. The van der Waals surface area contributed by atoms with E-state index in [4.69, 9.17) is 4.74 Å². The lowest BCUT2D eigenvalue weighted by atomic mass is 9.55. The summed E-state index contributed by atoms with van der Waals surface area (Å²) in [5.41, 5.74) is 4.11. The Morgan fingerprint density at radius 3 is 2.66 bits per heavy atom. The highest BCUT2D eigenvalue weighted by Gasteiger charge is 2.57. The maximum Gasteiger partial charge on any atom is 0.118 e. The van der Waals surface area contributed by atoms with Crippen LogP contribution in [0.4, 0.5) is 0 Å². The summed E-state index contributed by atoms with van der Waals surface area (Å²) in [5.74, 6) is 3.43. The first kappa shape index (κ1) is 19.0. The van der Waals surface area contributed by atoms with Gasteiger partial charge in [-0.2, -0.15) is 0 Å². The highest BCUT2D eigenvalue weighted by atomic mass is 16.5. The van der Waals surface area contributed by atoms with Gasteiger partial charge in [-0.15, -0.1) is 0 Å². The van der Waals surface area contributed by atoms with Crippen molar-refractivity contribution in [1.82, 2.24) is 0 Å². The molecule has 5 rings (SSSR count).